The topological polar surface area (TPSA) is 101 Å². The van der Waals surface area contributed by atoms with Crippen molar-refractivity contribution in [2.45, 2.75) is 19.4 Å². The van der Waals surface area contributed by atoms with Gasteiger partial charge in [0.2, 0.25) is 0 Å². The third-order valence-corrected chi connectivity index (χ3v) is 5.03. The predicted molar refractivity (Wildman–Crippen MR) is 103 cm³/mol. The summed E-state index contributed by atoms with van der Waals surface area (Å²) in [5.41, 5.74) is 1.95. The minimum absolute atomic E-state index is 0.0584. The van der Waals surface area contributed by atoms with Crippen LogP contribution in [-0.4, -0.2) is 37.8 Å². The zero-order chi connectivity index (χ0) is 19.3. The summed E-state index contributed by atoms with van der Waals surface area (Å²) in [7, 11) is 0. The van der Waals surface area contributed by atoms with E-state index in [-0.39, 0.29) is 5.56 Å². The van der Waals surface area contributed by atoms with E-state index in [0.29, 0.717) is 29.5 Å². The number of anilines is 1. The average molecular weight is 373 g/mol. The third kappa shape index (κ3) is 3.74. The van der Waals surface area contributed by atoms with Crippen molar-refractivity contribution in [3.63, 3.8) is 0 Å². The fraction of sp³-hybridized carbons (Fsp3) is 0.300. The van der Waals surface area contributed by atoms with Crippen LogP contribution in [0.4, 0.5) is 5.82 Å². The minimum Gasteiger partial charge on any atom is -0.354 e. The molecule has 1 aliphatic heterocycles. The summed E-state index contributed by atoms with van der Waals surface area (Å²) in [6.45, 7) is 2.21. The molecule has 0 aromatic carbocycles. The van der Waals surface area contributed by atoms with Crippen LogP contribution in [0.25, 0.3) is 11.3 Å². The van der Waals surface area contributed by atoms with Crippen molar-refractivity contribution < 1.29 is 0 Å². The second-order valence-corrected chi connectivity index (χ2v) is 6.82. The van der Waals surface area contributed by atoms with Crippen molar-refractivity contribution in [1.29, 1.82) is 5.26 Å². The number of nitriles is 1. The molecule has 0 spiro atoms. The van der Waals surface area contributed by atoms with Gasteiger partial charge in [0, 0.05) is 43.7 Å². The van der Waals surface area contributed by atoms with Crippen molar-refractivity contribution in [2.24, 2.45) is 5.92 Å². The first-order chi connectivity index (χ1) is 13.7. The second-order valence-electron chi connectivity index (χ2n) is 6.82. The molecule has 0 aliphatic carbocycles. The van der Waals surface area contributed by atoms with Crippen LogP contribution in [-0.2, 0) is 6.54 Å². The van der Waals surface area contributed by atoms with Gasteiger partial charge in [-0.1, -0.05) is 0 Å². The van der Waals surface area contributed by atoms with E-state index in [0.717, 1.165) is 31.5 Å². The van der Waals surface area contributed by atoms with Crippen LogP contribution in [0.5, 0.6) is 0 Å². The van der Waals surface area contributed by atoms with Gasteiger partial charge in [-0.05, 0) is 37.0 Å². The quantitative estimate of drug-likeness (QED) is 0.688. The molecule has 0 amide bonds. The second kappa shape index (κ2) is 7.96. The van der Waals surface area contributed by atoms with Crippen LogP contribution >= 0.6 is 0 Å². The molecular weight excluding hydrogens is 354 g/mol. The number of pyridine rings is 1. The molecule has 3 aromatic rings. The Morgan fingerprint density at radius 2 is 2.07 bits per heavy atom. The van der Waals surface area contributed by atoms with Gasteiger partial charge in [-0.25, -0.2) is 4.98 Å². The molecular formula is C20H19N7O. The van der Waals surface area contributed by atoms with Crippen LogP contribution in [0.2, 0.25) is 0 Å². The minimum atomic E-state index is -0.0584. The van der Waals surface area contributed by atoms with E-state index >= 15 is 0 Å². The maximum atomic E-state index is 12.5. The summed E-state index contributed by atoms with van der Waals surface area (Å²) in [5.74, 6) is 1.02. The fourth-order valence-electron chi connectivity index (χ4n) is 3.49. The highest BCUT2D eigenvalue weighted by Gasteiger charge is 2.23. The van der Waals surface area contributed by atoms with E-state index in [9.17, 15) is 10.1 Å². The number of hydrogen-bond donors (Lipinski definition) is 0. The van der Waals surface area contributed by atoms with Crippen molar-refractivity contribution in [1.82, 2.24) is 24.7 Å². The number of aromatic nitrogens is 5. The summed E-state index contributed by atoms with van der Waals surface area (Å²) in [4.78, 5) is 23.1. The Labute approximate surface area is 162 Å². The van der Waals surface area contributed by atoms with Gasteiger partial charge in [-0.3, -0.25) is 14.3 Å². The van der Waals surface area contributed by atoms with Crippen LogP contribution in [0.3, 0.4) is 0 Å². The van der Waals surface area contributed by atoms with E-state index in [1.165, 1.54) is 6.20 Å². The molecule has 0 N–H and O–H groups in total. The van der Waals surface area contributed by atoms with Crippen molar-refractivity contribution in [3.8, 4) is 17.3 Å². The number of rotatable bonds is 4. The molecule has 140 valence electrons. The van der Waals surface area contributed by atoms with Crippen LogP contribution < -0.4 is 10.5 Å². The van der Waals surface area contributed by atoms with Crippen molar-refractivity contribution >= 4 is 5.82 Å². The van der Waals surface area contributed by atoms with Crippen LogP contribution in [0.15, 0.2) is 54.0 Å². The first-order valence-electron chi connectivity index (χ1n) is 9.18. The highest BCUT2D eigenvalue weighted by molar-refractivity contribution is 5.56. The van der Waals surface area contributed by atoms with E-state index in [1.807, 2.05) is 12.1 Å². The molecule has 4 heterocycles. The standard InChI is InChI=1S/C20H19N7O/c21-11-16-3-7-24-25-20(16)26-8-4-15(5-9-26)13-27-14-23-18(10-19(27)28)17-2-1-6-22-12-17/h1-3,6-7,10,12,14-15H,4-5,8-9,13H2. The molecule has 0 unspecified atom stereocenters. The smallest absolute Gasteiger partial charge is 0.253 e. The Morgan fingerprint density at radius 3 is 2.79 bits per heavy atom. The van der Waals surface area contributed by atoms with Gasteiger partial charge in [0.05, 0.1) is 23.8 Å². The third-order valence-electron chi connectivity index (χ3n) is 5.03. The molecule has 4 rings (SSSR count). The first-order valence-corrected chi connectivity index (χ1v) is 9.18. The van der Waals surface area contributed by atoms with Crippen molar-refractivity contribution in [3.05, 3.63) is 65.1 Å². The molecule has 1 fully saturated rings. The van der Waals surface area contributed by atoms with Gasteiger partial charge in [0.15, 0.2) is 5.82 Å². The summed E-state index contributed by atoms with van der Waals surface area (Å²) in [5, 5.41) is 17.3. The highest BCUT2D eigenvalue weighted by Crippen LogP contribution is 2.24. The first kappa shape index (κ1) is 17.8. The van der Waals surface area contributed by atoms with E-state index in [4.69, 9.17) is 0 Å². The number of nitrogens with zero attached hydrogens (tertiary/aromatic N) is 7. The molecule has 0 radical (unpaired) electrons. The monoisotopic (exact) mass is 373 g/mol. The lowest BCUT2D eigenvalue weighted by Gasteiger charge is -2.32. The van der Waals surface area contributed by atoms with Gasteiger partial charge in [0.1, 0.15) is 6.07 Å². The van der Waals surface area contributed by atoms with Gasteiger partial charge in [0.25, 0.3) is 5.56 Å². The van der Waals surface area contributed by atoms with E-state index in [1.54, 1.807) is 35.4 Å². The zero-order valence-corrected chi connectivity index (χ0v) is 15.3. The predicted octanol–water partition coefficient (Wildman–Crippen LogP) is 1.88. The number of piperidine rings is 1. The average Bonchev–Trinajstić information content (AvgIpc) is 2.76. The van der Waals surface area contributed by atoms with Crippen LogP contribution in [0, 0.1) is 17.2 Å². The van der Waals surface area contributed by atoms with Gasteiger partial charge in [-0.2, -0.15) is 10.4 Å². The van der Waals surface area contributed by atoms with Gasteiger partial charge >= 0.3 is 0 Å². The zero-order valence-electron chi connectivity index (χ0n) is 15.3. The normalized spacial score (nSPS) is 14.6. The molecule has 1 aliphatic rings. The highest BCUT2D eigenvalue weighted by atomic mass is 16.1. The lowest BCUT2D eigenvalue weighted by molar-refractivity contribution is 0.350. The maximum absolute atomic E-state index is 12.5. The molecule has 3 aromatic heterocycles. The SMILES string of the molecule is N#Cc1ccnnc1N1CCC(Cn2cnc(-c3cccnc3)cc2=O)CC1. The molecule has 0 atom stereocenters. The molecule has 28 heavy (non-hydrogen) atoms. The van der Waals surface area contributed by atoms with E-state index in [2.05, 4.69) is 31.1 Å². The molecule has 0 saturated carbocycles. The Kier molecular flexibility index (Phi) is 5.06. The Morgan fingerprint density at radius 1 is 1.21 bits per heavy atom. The fourth-order valence-corrected chi connectivity index (χ4v) is 3.49. The number of hydrogen-bond acceptors (Lipinski definition) is 7. The summed E-state index contributed by atoms with van der Waals surface area (Å²) >= 11 is 0. The molecule has 8 nitrogen and oxygen atoms in total. The van der Waals surface area contributed by atoms with Gasteiger partial charge in [-0.15, -0.1) is 5.10 Å². The maximum Gasteiger partial charge on any atom is 0.253 e. The largest absolute Gasteiger partial charge is 0.354 e. The Bertz CT molecular complexity index is 1050. The van der Waals surface area contributed by atoms with E-state index < -0.39 is 0 Å². The lowest BCUT2D eigenvalue weighted by atomic mass is 9.96. The Hall–Kier alpha value is -3.60. The molecule has 8 heteroatoms. The lowest BCUT2D eigenvalue weighted by Crippen LogP contribution is -2.37. The van der Waals surface area contributed by atoms with Gasteiger partial charge < -0.3 is 4.90 Å². The van der Waals surface area contributed by atoms with Crippen LogP contribution in [0.1, 0.15) is 18.4 Å². The summed E-state index contributed by atoms with van der Waals surface area (Å²) in [6.07, 6.45) is 8.37. The summed E-state index contributed by atoms with van der Waals surface area (Å²) in [6, 6.07) is 9.12. The Balaban J connectivity index is 1.41. The molecule has 1 saturated heterocycles. The molecule has 0 bridgehead atoms. The summed E-state index contributed by atoms with van der Waals surface area (Å²) < 4.78 is 1.67. The van der Waals surface area contributed by atoms with Crippen molar-refractivity contribution in [2.75, 3.05) is 18.0 Å².